The number of para-hydroxylation sites is 3. The second kappa shape index (κ2) is 9.13. The SMILES string of the molecule is COc1ccc(-c2nc3ccccc3n2CCCOc2c(C)cccc2C)cc1OC. The molecule has 1 heterocycles. The minimum absolute atomic E-state index is 0.642. The third kappa shape index (κ3) is 4.22. The van der Waals surface area contributed by atoms with Crippen molar-refractivity contribution in [1.29, 1.82) is 0 Å². The number of aromatic nitrogens is 2. The summed E-state index contributed by atoms with van der Waals surface area (Å²) >= 11 is 0. The van der Waals surface area contributed by atoms with Gasteiger partial charge in [0.25, 0.3) is 0 Å². The molecule has 4 rings (SSSR count). The highest BCUT2D eigenvalue weighted by Crippen LogP contribution is 2.33. The molecule has 31 heavy (non-hydrogen) atoms. The van der Waals surface area contributed by atoms with Crippen LogP contribution in [0.3, 0.4) is 0 Å². The Labute approximate surface area is 183 Å². The predicted octanol–water partition coefficient (Wildman–Crippen LogP) is 5.81. The summed E-state index contributed by atoms with van der Waals surface area (Å²) in [6.07, 6.45) is 0.869. The van der Waals surface area contributed by atoms with E-state index in [4.69, 9.17) is 19.2 Å². The molecule has 0 radical (unpaired) electrons. The van der Waals surface area contributed by atoms with Gasteiger partial charge in [-0.3, -0.25) is 0 Å². The van der Waals surface area contributed by atoms with E-state index in [-0.39, 0.29) is 0 Å². The predicted molar refractivity (Wildman–Crippen MR) is 124 cm³/mol. The van der Waals surface area contributed by atoms with Crippen LogP contribution in [-0.4, -0.2) is 30.4 Å². The first-order valence-electron chi connectivity index (χ1n) is 10.5. The summed E-state index contributed by atoms with van der Waals surface area (Å²) in [5, 5.41) is 0. The summed E-state index contributed by atoms with van der Waals surface area (Å²) < 4.78 is 19.3. The third-order valence-electron chi connectivity index (χ3n) is 5.48. The van der Waals surface area contributed by atoms with Gasteiger partial charge < -0.3 is 18.8 Å². The number of ether oxygens (including phenoxy) is 3. The molecule has 0 aliphatic rings. The molecular formula is C26H28N2O3. The molecule has 0 aliphatic heterocycles. The van der Waals surface area contributed by atoms with E-state index in [1.807, 2.05) is 36.4 Å². The zero-order valence-corrected chi connectivity index (χ0v) is 18.5. The number of benzene rings is 3. The monoisotopic (exact) mass is 416 g/mol. The van der Waals surface area contributed by atoms with Gasteiger partial charge in [-0.2, -0.15) is 0 Å². The fourth-order valence-corrected chi connectivity index (χ4v) is 3.92. The molecule has 4 aromatic rings. The molecule has 0 unspecified atom stereocenters. The van der Waals surface area contributed by atoms with Crippen LogP contribution in [-0.2, 0) is 6.54 Å². The Hall–Kier alpha value is -3.47. The standard InChI is InChI=1S/C26H28N2O3/c1-18-9-7-10-19(2)25(18)31-16-8-15-28-22-12-6-5-11-21(22)27-26(28)20-13-14-23(29-3)24(17-20)30-4/h5-7,9-14,17H,8,15-16H2,1-4H3. The number of methoxy groups -OCH3 is 2. The molecule has 5 heteroatoms. The van der Waals surface area contributed by atoms with Crippen molar-refractivity contribution in [2.45, 2.75) is 26.8 Å². The van der Waals surface area contributed by atoms with Gasteiger partial charge in [-0.1, -0.05) is 30.3 Å². The first-order valence-corrected chi connectivity index (χ1v) is 10.5. The maximum absolute atomic E-state index is 6.12. The summed E-state index contributed by atoms with van der Waals surface area (Å²) in [6, 6.07) is 20.4. The van der Waals surface area contributed by atoms with E-state index in [1.165, 1.54) is 11.1 Å². The Morgan fingerprint density at radius 3 is 2.32 bits per heavy atom. The molecule has 0 saturated carbocycles. The third-order valence-corrected chi connectivity index (χ3v) is 5.48. The van der Waals surface area contributed by atoms with Crippen LogP contribution >= 0.6 is 0 Å². The summed E-state index contributed by atoms with van der Waals surface area (Å²) in [4.78, 5) is 4.90. The van der Waals surface area contributed by atoms with Gasteiger partial charge >= 0.3 is 0 Å². The summed E-state index contributed by atoms with van der Waals surface area (Å²) in [5.74, 6) is 3.29. The summed E-state index contributed by atoms with van der Waals surface area (Å²) in [5.41, 5.74) is 5.41. The first kappa shape index (κ1) is 20.8. The highest BCUT2D eigenvalue weighted by molar-refractivity contribution is 5.81. The molecular weight excluding hydrogens is 388 g/mol. The molecule has 0 fully saturated rings. The van der Waals surface area contributed by atoms with Gasteiger partial charge in [0.05, 0.1) is 31.9 Å². The molecule has 0 amide bonds. The lowest BCUT2D eigenvalue weighted by molar-refractivity contribution is 0.299. The lowest BCUT2D eigenvalue weighted by Crippen LogP contribution is -2.07. The van der Waals surface area contributed by atoms with Crippen molar-refractivity contribution >= 4 is 11.0 Å². The van der Waals surface area contributed by atoms with Crippen molar-refractivity contribution in [3.63, 3.8) is 0 Å². The molecule has 0 saturated heterocycles. The number of hydrogen-bond donors (Lipinski definition) is 0. The fraction of sp³-hybridized carbons (Fsp3) is 0.269. The van der Waals surface area contributed by atoms with Crippen LogP contribution in [0.4, 0.5) is 0 Å². The van der Waals surface area contributed by atoms with Crippen molar-refractivity contribution < 1.29 is 14.2 Å². The van der Waals surface area contributed by atoms with Crippen molar-refractivity contribution in [2.75, 3.05) is 20.8 Å². The van der Waals surface area contributed by atoms with Crippen molar-refractivity contribution in [3.8, 4) is 28.6 Å². The van der Waals surface area contributed by atoms with Gasteiger partial charge in [-0.15, -0.1) is 0 Å². The maximum Gasteiger partial charge on any atom is 0.161 e. The minimum atomic E-state index is 0.642. The van der Waals surface area contributed by atoms with Crippen LogP contribution in [0.5, 0.6) is 17.2 Å². The number of nitrogens with zero attached hydrogens (tertiary/aromatic N) is 2. The van der Waals surface area contributed by atoms with Gasteiger partial charge in [0.15, 0.2) is 11.5 Å². The molecule has 0 N–H and O–H groups in total. The summed E-state index contributed by atoms with van der Waals surface area (Å²) in [7, 11) is 3.29. The second-order valence-electron chi connectivity index (χ2n) is 7.57. The zero-order chi connectivity index (χ0) is 21.8. The Balaban J connectivity index is 1.60. The topological polar surface area (TPSA) is 45.5 Å². The Kier molecular flexibility index (Phi) is 6.12. The number of rotatable bonds is 8. The van der Waals surface area contributed by atoms with E-state index in [2.05, 4.69) is 42.7 Å². The highest BCUT2D eigenvalue weighted by atomic mass is 16.5. The van der Waals surface area contributed by atoms with E-state index < -0.39 is 0 Å². The second-order valence-corrected chi connectivity index (χ2v) is 7.57. The van der Waals surface area contributed by atoms with E-state index in [0.717, 1.165) is 41.1 Å². The van der Waals surface area contributed by atoms with E-state index in [9.17, 15) is 0 Å². The van der Waals surface area contributed by atoms with Crippen molar-refractivity contribution in [2.24, 2.45) is 0 Å². The number of hydrogen-bond acceptors (Lipinski definition) is 4. The maximum atomic E-state index is 6.12. The van der Waals surface area contributed by atoms with E-state index in [0.29, 0.717) is 18.1 Å². The van der Waals surface area contributed by atoms with E-state index >= 15 is 0 Å². The van der Waals surface area contributed by atoms with Crippen LogP contribution in [0.15, 0.2) is 60.7 Å². The first-order chi connectivity index (χ1) is 15.1. The molecule has 0 aliphatic carbocycles. The van der Waals surface area contributed by atoms with Gasteiger partial charge in [-0.05, 0) is 61.7 Å². The number of imidazole rings is 1. The average molecular weight is 417 g/mol. The van der Waals surface area contributed by atoms with Crippen LogP contribution < -0.4 is 14.2 Å². The Bertz CT molecular complexity index is 1180. The molecule has 3 aromatic carbocycles. The lowest BCUT2D eigenvalue weighted by Gasteiger charge is -2.14. The smallest absolute Gasteiger partial charge is 0.161 e. The van der Waals surface area contributed by atoms with Crippen molar-refractivity contribution in [3.05, 3.63) is 71.8 Å². The minimum Gasteiger partial charge on any atom is -0.493 e. The quantitative estimate of drug-likeness (QED) is 0.340. The van der Waals surface area contributed by atoms with Gasteiger partial charge in [0, 0.05) is 12.1 Å². The lowest BCUT2D eigenvalue weighted by atomic mass is 10.1. The van der Waals surface area contributed by atoms with Crippen LogP contribution in [0, 0.1) is 13.8 Å². The number of fused-ring (bicyclic) bond motifs is 1. The number of aryl methyl sites for hydroxylation is 3. The van der Waals surface area contributed by atoms with Crippen molar-refractivity contribution in [1.82, 2.24) is 9.55 Å². The fourth-order valence-electron chi connectivity index (χ4n) is 3.92. The van der Waals surface area contributed by atoms with Crippen LogP contribution in [0.2, 0.25) is 0 Å². The molecule has 5 nitrogen and oxygen atoms in total. The van der Waals surface area contributed by atoms with E-state index in [1.54, 1.807) is 14.2 Å². The molecule has 1 aromatic heterocycles. The largest absolute Gasteiger partial charge is 0.493 e. The molecule has 160 valence electrons. The highest BCUT2D eigenvalue weighted by Gasteiger charge is 2.15. The van der Waals surface area contributed by atoms with Gasteiger partial charge in [0.1, 0.15) is 11.6 Å². The zero-order valence-electron chi connectivity index (χ0n) is 18.5. The summed E-state index contributed by atoms with van der Waals surface area (Å²) in [6.45, 7) is 5.61. The van der Waals surface area contributed by atoms with Crippen LogP contribution in [0.1, 0.15) is 17.5 Å². The normalized spacial score (nSPS) is 11.0. The molecule has 0 spiro atoms. The molecule has 0 bridgehead atoms. The van der Waals surface area contributed by atoms with Gasteiger partial charge in [0.2, 0.25) is 0 Å². The Morgan fingerprint density at radius 1 is 0.839 bits per heavy atom. The average Bonchev–Trinajstić information content (AvgIpc) is 3.16. The molecule has 0 atom stereocenters. The van der Waals surface area contributed by atoms with Gasteiger partial charge in [-0.25, -0.2) is 4.98 Å². The Morgan fingerprint density at radius 2 is 1.58 bits per heavy atom. The van der Waals surface area contributed by atoms with Crippen LogP contribution in [0.25, 0.3) is 22.4 Å².